The van der Waals surface area contributed by atoms with E-state index in [0.29, 0.717) is 34.4 Å². The molecule has 0 saturated carbocycles. The van der Waals surface area contributed by atoms with Crippen molar-refractivity contribution in [3.8, 4) is 34.3 Å². The van der Waals surface area contributed by atoms with Crippen LogP contribution in [0.4, 0.5) is 5.69 Å². The predicted molar refractivity (Wildman–Crippen MR) is 137 cm³/mol. The highest BCUT2D eigenvalue weighted by molar-refractivity contribution is 7.17. The summed E-state index contributed by atoms with van der Waals surface area (Å²) in [6.45, 7) is 0. The van der Waals surface area contributed by atoms with Gasteiger partial charge in [-0.25, -0.2) is 9.97 Å². The van der Waals surface area contributed by atoms with Crippen LogP contribution in [-0.4, -0.2) is 30.1 Å². The molecule has 0 aliphatic rings. The van der Waals surface area contributed by atoms with Gasteiger partial charge in [0.1, 0.15) is 16.9 Å². The number of rotatable bonds is 7. The molecule has 8 heteroatoms. The molecule has 0 atom stereocenters. The summed E-state index contributed by atoms with van der Waals surface area (Å²) in [5.41, 5.74) is 3.19. The number of aromatic nitrogens is 2. The lowest BCUT2D eigenvalue weighted by Crippen LogP contribution is -2.12. The Morgan fingerprint density at radius 3 is 2.40 bits per heavy atom. The number of benzene rings is 3. The summed E-state index contributed by atoms with van der Waals surface area (Å²) in [7, 11) is 3.08. The van der Waals surface area contributed by atoms with Gasteiger partial charge in [0.05, 0.1) is 19.6 Å². The first-order chi connectivity index (χ1) is 17.2. The number of carbonyl (C=O) groups is 1. The number of thiophene rings is 1. The second kappa shape index (κ2) is 9.82. The van der Waals surface area contributed by atoms with Gasteiger partial charge in [-0.2, -0.15) is 0 Å². The fourth-order valence-electron chi connectivity index (χ4n) is 3.65. The Labute approximate surface area is 206 Å². The highest BCUT2D eigenvalue weighted by Crippen LogP contribution is 2.39. The van der Waals surface area contributed by atoms with Crippen molar-refractivity contribution in [3.05, 3.63) is 90.1 Å². The van der Waals surface area contributed by atoms with Gasteiger partial charge in [-0.05, 0) is 48.0 Å². The molecule has 0 spiro atoms. The molecule has 0 saturated heterocycles. The summed E-state index contributed by atoms with van der Waals surface area (Å²) >= 11 is 1.55. The van der Waals surface area contributed by atoms with Crippen molar-refractivity contribution in [3.63, 3.8) is 0 Å². The molecule has 0 radical (unpaired) electrons. The van der Waals surface area contributed by atoms with Crippen LogP contribution in [0.3, 0.4) is 0 Å². The third-order valence-electron chi connectivity index (χ3n) is 5.39. The fraction of sp³-hybridized carbons (Fsp3) is 0.0741. The Morgan fingerprint density at radius 2 is 1.66 bits per heavy atom. The lowest BCUT2D eigenvalue weighted by Gasteiger charge is -2.11. The van der Waals surface area contributed by atoms with Gasteiger partial charge in [-0.1, -0.05) is 30.3 Å². The number of hydrogen-bond donors (Lipinski definition) is 1. The molecule has 2 aromatic heterocycles. The second-order valence-corrected chi connectivity index (χ2v) is 8.38. The topological polar surface area (TPSA) is 82.6 Å². The van der Waals surface area contributed by atoms with Crippen LogP contribution in [0.5, 0.6) is 23.1 Å². The lowest BCUT2D eigenvalue weighted by atomic mass is 10.1. The average Bonchev–Trinajstić information content (AvgIpc) is 3.35. The molecule has 1 amide bonds. The monoisotopic (exact) mass is 483 g/mol. The van der Waals surface area contributed by atoms with E-state index in [-0.39, 0.29) is 5.91 Å². The highest BCUT2D eigenvalue weighted by atomic mass is 32.1. The van der Waals surface area contributed by atoms with Crippen LogP contribution in [0.15, 0.2) is 84.5 Å². The summed E-state index contributed by atoms with van der Waals surface area (Å²) in [5, 5.41) is 5.81. The lowest BCUT2D eigenvalue weighted by molar-refractivity contribution is 0.102. The van der Waals surface area contributed by atoms with Crippen molar-refractivity contribution < 1.29 is 19.0 Å². The van der Waals surface area contributed by atoms with Crippen molar-refractivity contribution >= 4 is 33.1 Å². The molecule has 5 rings (SSSR count). The SMILES string of the molecule is COc1ccc(C(=O)Nc2ccc(Oc3ncnc4scc(-c5ccccc5)c34)cc2)cc1OC. The van der Waals surface area contributed by atoms with E-state index < -0.39 is 0 Å². The molecule has 0 aliphatic carbocycles. The first kappa shape index (κ1) is 22.4. The maximum Gasteiger partial charge on any atom is 0.255 e. The number of nitrogens with one attached hydrogen (secondary N) is 1. The number of anilines is 1. The first-order valence-electron chi connectivity index (χ1n) is 10.7. The van der Waals surface area contributed by atoms with Crippen molar-refractivity contribution in [2.24, 2.45) is 0 Å². The number of methoxy groups -OCH3 is 2. The molecule has 3 aromatic carbocycles. The molecule has 0 aliphatic heterocycles. The van der Waals surface area contributed by atoms with E-state index in [0.717, 1.165) is 21.3 Å². The van der Waals surface area contributed by atoms with Crippen molar-refractivity contribution in [2.45, 2.75) is 0 Å². The summed E-state index contributed by atoms with van der Waals surface area (Å²) in [6, 6.07) is 22.2. The second-order valence-electron chi connectivity index (χ2n) is 7.52. The molecular weight excluding hydrogens is 462 g/mol. The molecule has 5 aromatic rings. The molecule has 0 bridgehead atoms. The van der Waals surface area contributed by atoms with Crippen LogP contribution in [0.2, 0.25) is 0 Å². The fourth-order valence-corrected chi connectivity index (χ4v) is 4.56. The summed E-state index contributed by atoms with van der Waals surface area (Å²) < 4.78 is 16.6. The zero-order chi connectivity index (χ0) is 24.2. The molecule has 35 heavy (non-hydrogen) atoms. The molecule has 7 nitrogen and oxygen atoms in total. The minimum atomic E-state index is -0.261. The normalized spacial score (nSPS) is 10.7. The Kier molecular flexibility index (Phi) is 6.28. The Morgan fingerprint density at radius 1 is 0.886 bits per heavy atom. The Balaban J connectivity index is 1.35. The number of hydrogen-bond acceptors (Lipinski definition) is 7. The zero-order valence-corrected chi connectivity index (χ0v) is 19.8. The standard InChI is InChI=1S/C27H21N3O4S/c1-32-22-13-8-18(14-23(22)33-2)25(31)30-19-9-11-20(12-10-19)34-26-24-21(17-6-4-3-5-7-17)15-35-27(24)29-16-28-26/h3-16H,1-2H3,(H,30,31). The van der Waals surface area contributed by atoms with Crippen LogP contribution in [0.1, 0.15) is 10.4 Å². The van der Waals surface area contributed by atoms with Gasteiger partial charge in [-0.15, -0.1) is 11.3 Å². The maximum atomic E-state index is 12.7. The summed E-state index contributed by atoms with van der Waals surface area (Å²) in [4.78, 5) is 22.3. The predicted octanol–water partition coefficient (Wildman–Crippen LogP) is 6.42. The molecule has 2 heterocycles. The van der Waals surface area contributed by atoms with Gasteiger partial charge in [0, 0.05) is 22.2 Å². The molecular formula is C27H21N3O4S. The van der Waals surface area contributed by atoms with E-state index >= 15 is 0 Å². The largest absolute Gasteiger partial charge is 0.493 e. The molecule has 0 unspecified atom stereocenters. The number of carbonyl (C=O) groups excluding carboxylic acids is 1. The van der Waals surface area contributed by atoms with Crippen molar-refractivity contribution in [2.75, 3.05) is 19.5 Å². The van der Waals surface area contributed by atoms with Crippen LogP contribution in [0, 0.1) is 0 Å². The van der Waals surface area contributed by atoms with E-state index in [4.69, 9.17) is 14.2 Å². The van der Waals surface area contributed by atoms with E-state index in [2.05, 4.69) is 20.7 Å². The summed E-state index contributed by atoms with van der Waals surface area (Å²) in [6.07, 6.45) is 1.50. The van der Waals surface area contributed by atoms with Gasteiger partial charge in [0.15, 0.2) is 11.5 Å². The van der Waals surface area contributed by atoms with E-state index in [1.165, 1.54) is 13.4 Å². The number of ether oxygens (including phenoxy) is 3. The minimum Gasteiger partial charge on any atom is -0.493 e. The third-order valence-corrected chi connectivity index (χ3v) is 6.28. The average molecular weight is 484 g/mol. The summed E-state index contributed by atoms with van der Waals surface area (Å²) in [5.74, 6) is 1.87. The number of fused-ring (bicyclic) bond motifs is 1. The van der Waals surface area contributed by atoms with E-state index in [9.17, 15) is 4.79 Å². The van der Waals surface area contributed by atoms with Gasteiger partial charge in [0.25, 0.3) is 5.91 Å². The van der Waals surface area contributed by atoms with Crippen LogP contribution >= 0.6 is 11.3 Å². The number of nitrogens with zero attached hydrogens (tertiary/aromatic N) is 2. The maximum absolute atomic E-state index is 12.7. The quantitative estimate of drug-likeness (QED) is 0.288. The van der Waals surface area contributed by atoms with Gasteiger partial charge in [-0.3, -0.25) is 4.79 Å². The first-order valence-corrected chi connectivity index (χ1v) is 11.6. The van der Waals surface area contributed by atoms with Crippen LogP contribution in [0.25, 0.3) is 21.3 Å². The molecule has 0 fully saturated rings. The van der Waals surface area contributed by atoms with Crippen molar-refractivity contribution in [1.29, 1.82) is 0 Å². The van der Waals surface area contributed by atoms with Crippen LogP contribution < -0.4 is 19.5 Å². The molecule has 1 N–H and O–H groups in total. The van der Waals surface area contributed by atoms with E-state index in [1.54, 1.807) is 60.9 Å². The molecule has 174 valence electrons. The van der Waals surface area contributed by atoms with E-state index in [1.807, 2.05) is 30.3 Å². The minimum absolute atomic E-state index is 0.261. The number of amides is 1. The third kappa shape index (κ3) is 4.64. The Hall–Kier alpha value is -4.43. The Bertz CT molecular complexity index is 1480. The van der Waals surface area contributed by atoms with Crippen molar-refractivity contribution in [1.82, 2.24) is 9.97 Å². The van der Waals surface area contributed by atoms with Gasteiger partial charge in [0.2, 0.25) is 5.88 Å². The van der Waals surface area contributed by atoms with Crippen LogP contribution in [-0.2, 0) is 0 Å². The van der Waals surface area contributed by atoms with Gasteiger partial charge < -0.3 is 19.5 Å². The smallest absolute Gasteiger partial charge is 0.255 e. The highest BCUT2D eigenvalue weighted by Gasteiger charge is 2.15. The van der Waals surface area contributed by atoms with Gasteiger partial charge >= 0.3 is 0 Å². The zero-order valence-electron chi connectivity index (χ0n) is 19.0.